The van der Waals surface area contributed by atoms with Gasteiger partial charge in [-0.05, 0) is 34.1 Å². The molecule has 0 aliphatic heterocycles. The predicted molar refractivity (Wildman–Crippen MR) is 64.7 cm³/mol. The van der Waals surface area contributed by atoms with Gasteiger partial charge in [0.2, 0.25) is 0 Å². The number of hydrogen-bond acceptors (Lipinski definition) is 4. The molecule has 1 amide bonds. The molecular formula is C10H7BrN4O2. The molecule has 0 saturated heterocycles. The second-order valence-electron chi connectivity index (χ2n) is 3.13. The highest BCUT2D eigenvalue weighted by Gasteiger charge is 2.07. The van der Waals surface area contributed by atoms with E-state index in [0.29, 0.717) is 10.2 Å². The topological polar surface area (TPSA) is 87.7 Å². The van der Waals surface area contributed by atoms with Gasteiger partial charge in [0.05, 0.1) is 0 Å². The van der Waals surface area contributed by atoms with E-state index in [0.717, 1.165) is 0 Å². The Kier molecular flexibility index (Phi) is 3.29. The summed E-state index contributed by atoms with van der Waals surface area (Å²) in [6.45, 7) is 0. The number of aromatic nitrogens is 3. The number of nitrogens with zero attached hydrogens (tertiary/aromatic N) is 2. The Morgan fingerprint density at radius 2 is 2.18 bits per heavy atom. The van der Waals surface area contributed by atoms with Crippen LogP contribution in [0.4, 0.5) is 5.82 Å². The third-order valence-electron chi connectivity index (χ3n) is 1.91. The van der Waals surface area contributed by atoms with Crippen molar-refractivity contribution < 1.29 is 4.79 Å². The third-order valence-corrected chi connectivity index (χ3v) is 2.34. The molecule has 0 spiro atoms. The van der Waals surface area contributed by atoms with E-state index in [-0.39, 0.29) is 17.3 Å². The fourth-order valence-corrected chi connectivity index (χ4v) is 1.51. The Labute approximate surface area is 104 Å². The zero-order valence-electron chi connectivity index (χ0n) is 8.48. The predicted octanol–water partition coefficient (Wildman–Crippen LogP) is 1.18. The Hall–Kier alpha value is -2.02. The third kappa shape index (κ3) is 2.97. The van der Waals surface area contributed by atoms with Gasteiger partial charge in [0.15, 0.2) is 5.82 Å². The number of carbonyl (C=O) groups is 1. The van der Waals surface area contributed by atoms with Crippen LogP contribution in [0.1, 0.15) is 10.4 Å². The Morgan fingerprint density at radius 3 is 2.82 bits per heavy atom. The molecule has 0 fully saturated rings. The normalized spacial score (nSPS) is 9.94. The lowest BCUT2D eigenvalue weighted by molar-refractivity contribution is 0.102. The summed E-state index contributed by atoms with van der Waals surface area (Å²) in [5, 5.41) is 8.44. The molecule has 7 heteroatoms. The summed E-state index contributed by atoms with van der Waals surface area (Å²) in [5.74, 6) is -0.0461. The van der Waals surface area contributed by atoms with E-state index in [2.05, 4.69) is 36.4 Å². The van der Waals surface area contributed by atoms with E-state index in [4.69, 9.17) is 0 Å². The van der Waals surface area contributed by atoms with Crippen molar-refractivity contribution in [3.05, 3.63) is 51.0 Å². The van der Waals surface area contributed by atoms with E-state index in [1.807, 2.05) is 0 Å². The first kappa shape index (κ1) is 11.5. The number of hydrogen-bond donors (Lipinski definition) is 2. The van der Waals surface area contributed by atoms with Crippen LogP contribution in [0.25, 0.3) is 0 Å². The number of halogens is 1. The minimum Gasteiger partial charge on any atom is -0.305 e. The number of aromatic amines is 1. The fourth-order valence-electron chi connectivity index (χ4n) is 1.15. The molecule has 2 N–H and O–H groups in total. The quantitative estimate of drug-likeness (QED) is 0.814. The number of anilines is 1. The molecule has 0 aliphatic carbocycles. The van der Waals surface area contributed by atoms with E-state index in [1.165, 1.54) is 18.3 Å². The van der Waals surface area contributed by atoms with Gasteiger partial charge in [-0.15, -0.1) is 0 Å². The van der Waals surface area contributed by atoms with Crippen LogP contribution in [0, 0.1) is 0 Å². The number of amides is 1. The van der Waals surface area contributed by atoms with Gasteiger partial charge in [-0.1, -0.05) is 0 Å². The maximum Gasteiger partial charge on any atom is 0.264 e. The van der Waals surface area contributed by atoms with Crippen LogP contribution in [0.5, 0.6) is 0 Å². The number of rotatable bonds is 2. The number of nitrogens with one attached hydrogen (secondary N) is 2. The van der Waals surface area contributed by atoms with Crippen LogP contribution in [0.15, 0.2) is 39.9 Å². The SMILES string of the molecule is O=C(Nc1ccc(=O)[nH]n1)c1ccnc(Br)c1. The Balaban J connectivity index is 2.17. The minimum atomic E-state index is -0.326. The zero-order valence-corrected chi connectivity index (χ0v) is 10.1. The summed E-state index contributed by atoms with van der Waals surface area (Å²) in [4.78, 5) is 26.5. The summed E-state index contributed by atoms with van der Waals surface area (Å²) < 4.78 is 0.569. The maximum absolute atomic E-state index is 11.8. The molecule has 0 atom stereocenters. The zero-order chi connectivity index (χ0) is 12.3. The number of pyridine rings is 1. The van der Waals surface area contributed by atoms with E-state index < -0.39 is 0 Å². The van der Waals surface area contributed by atoms with Gasteiger partial charge in [0.25, 0.3) is 11.5 Å². The van der Waals surface area contributed by atoms with Gasteiger partial charge in [0.1, 0.15) is 4.60 Å². The first-order chi connectivity index (χ1) is 8.15. The first-order valence-electron chi connectivity index (χ1n) is 4.64. The minimum absolute atomic E-state index is 0.280. The fraction of sp³-hybridized carbons (Fsp3) is 0. The average Bonchev–Trinajstić information content (AvgIpc) is 2.32. The lowest BCUT2D eigenvalue weighted by atomic mass is 10.2. The highest BCUT2D eigenvalue weighted by molar-refractivity contribution is 9.10. The van der Waals surface area contributed by atoms with Crippen LogP contribution in [0.2, 0.25) is 0 Å². The molecule has 0 unspecified atom stereocenters. The smallest absolute Gasteiger partial charge is 0.264 e. The molecule has 6 nitrogen and oxygen atoms in total. The van der Waals surface area contributed by atoms with Crippen molar-refractivity contribution in [1.82, 2.24) is 15.2 Å². The molecule has 2 heterocycles. The lowest BCUT2D eigenvalue weighted by Gasteiger charge is -2.03. The first-order valence-corrected chi connectivity index (χ1v) is 5.43. The van der Waals surface area contributed by atoms with Crippen LogP contribution < -0.4 is 10.9 Å². The summed E-state index contributed by atoms with van der Waals surface area (Å²) in [6.07, 6.45) is 1.51. The van der Waals surface area contributed by atoms with Crippen LogP contribution in [-0.2, 0) is 0 Å². The van der Waals surface area contributed by atoms with Crippen molar-refractivity contribution in [2.75, 3.05) is 5.32 Å². The van der Waals surface area contributed by atoms with Gasteiger partial charge in [-0.2, -0.15) is 5.10 Å². The molecule has 2 aromatic heterocycles. The van der Waals surface area contributed by atoms with Crippen molar-refractivity contribution >= 4 is 27.7 Å². The van der Waals surface area contributed by atoms with E-state index in [9.17, 15) is 9.59 Å². The second-order valence-corrected chi connectivity index (χ2v) is 3.94. The molecular weight excluding hydrogens is 288 g/mol. The molecule has 0 radical (unpaired) electrons. The van der Waals surface area contributed by atoms with Gasteiger partial charge in [-0.25, -0.2) is 10.1 Å². The van der Waals surface area contributed by atoms with Crippen LogP contribution >= 0.6 is 15.9 Å². The monoisotopic (exact) mass is 294 g/mol. The van der Waals surface area contributed by atoms with Crippen molar-refractivity contribution in [2.45, 2.75) is 0 Å². The lowest BCUT2D eigenvalue weighted by Crippen LogP contribution is -2.15. The highest BCUT2D eigenvalue weighted by atomic mass is 79.9. The van der Waals surface area contributed by atoms with Gasteiger partial charge in [-0.3, -0.25) is 9.59 Å². The standard InChI is InChI=1S/C10H7BrN4O2/c11-7-5-6(3-4-12-7)10(17)13-8-1-2-9(16)15-14-8/h1-5H,(H,15,16)(H,13,14,17). The molecule has 2 aromatic rings. The van der Waals surface area contributed by atoms with Gasteiger partial charge in [0, 0.05) is 17.8 Å². The van der Waals surface area contributed by atoms with Crippen molar-refractivity contribution in [3.8, 4) is 0 Å². The van der Waals surface area contributed by atoms with Crippen LogP contribution in [-0.4, -0.2) is 21.1 Å². The van der Waals surface area contributed by atoms with Crippen LogP contribution in [0.3, 0.4) is 0 Å². The Morgan fingerprint density at radius 1 is 1.35 bits per heavy atom. The Bertz CT molecular complexity index is 591. The molecule has 0 bridgehead atoms. The van der Waals surface area contributed by atoms with E-state index >= 15 is 0 Å². The highest BCUT2D eigenvalue weighted by Crippen LogP contribution is 2.09. The molecule has 0 aromatic carbocycles. The molecule has 2 rings (SSSR count). The molecule has 0 saturated carbocycles. The van der Waals surface area contributed by atoms with Crippen molar-refractivity contribution in [1.29, 1.82) is 0 Å². The summed E-state index contributed by atoms with van der Waals surface area (Å²) in [5.41, 5.74) is 0.120. The summed E-state index contributed by atoms with van der Waals surface area (Å²) in [6, 6.07) is 5.87. The number of carbonyl (C=O) groups excluding carboxylic acids is 1. The molecule has 17 heavy (non-hydrogen) atoms. The summed E-state index contributed by atoms with van der Waals surface area (Å²) in [7, 11) is 0. The van der Waals surface area contributed by atoms with Crippen molar-refractivity contribution in [3.63, 3.8) is 0 Å². The molecule has 0 aliphatic rings. The van der Waals surface area contributed by atoms with E-state index in [1.54, 1.807) is 12.1 Å². The summed E-state index contributed by atoms with van der Waals surface area (Å²) >= 11 is 3.17. The molecule has 86 valence electrons. The average molecular weight is 295 g/mol. The number of H-pyrrole nitrogens is 1. The largest absolute Gasteiger partial charge is 0.305 e. The maximum atomic E-state index is 11.8. The van der Waals surface area contributed by atoms with Gasteiger partial charge >= 0.3 is 0 Å². The van der Waals surface area contributed by atoms with Gasteiger partial charge < -0.3 is 5.32 Å². The van der Waals surface area contributed by atoms with Crippen molar-refractivity contribution in [2.24, 2.45) is 0 Å². The second kappa shape index (κ2) is 4.88.